The van der Waals surface area contributed by atoms with E-state index in [1.54, 1.807) is 7.11 Å². The van der Waals surface area contributed by atoms with Crippen molar-refractivity contribution in [1.82, 2.24) is 0 Å². The van der Waals surface area contributed by atoms with Crippen LogP contribution in [0.1, 0.15) is 41.6 Å². The summed E-state index contributed by atoms with van der Waals surface area (Å²) in [6, 6.07) is 17.5. The molecule has 0 aliphatic carbocycles. The third kappa shape index (κ3) is 3.47. The zero-order chi connectivity index (χ0) is 14.4. The Morgan fingerprint density at radius 2 is 1.85 bits per heavy atom. The van der Waals surface area contributed by atoms with E-state index in [0.29, 0.717) is 6.42 Å². The summed E-state index contributed by atoms with van der Waals surface area (Å²) in [5, 5.41) is 0. The standard InChI is InChI=1S/C18H20O2/c1-3-14(16-10-7-11-17(12-16)20-2)13-18(19)15-8-5-4-6-9-15/h4-12,14H,3,13H2,1-2H3/t14-/m0/s1. The van der Waals surface area contributed by atoms with Gasteiger partial charge in [0.05, 0.1) is 7.11 Å². The monoisotopic (exact) mass is 268 g/mol. The first kappa shape index (κ1) is 14.3. The Hall–Kier alpha value is -2.09. The van der Waals surface area contributed by atoms with Crippen LogP contribution in [0.15, 0.2) is 54.6 Å². The van der Waals surface area contributed by atoms with E-state index in [2.05, 4.69) is 13.0 Å². The highest BCUT2D eigenvalue weighted by molar-refractivity contribution is 5.96. The Labute approximate surface area is 120 Å². The Balaban J connectivity index is 2.14. The molecule has 0 unspecified atom stereocenters. The highest BCUT2D eigenvalue weighted by Crippen LogP contribution is 2.27. The summed E-state index contributed by atoms with van der Waals surface area (Å²) < 4.78 is 5.25. The van der Waals surface area contributed by atoms with Crippen LogP contribution < -0.4 is 4.74 Å². The van der Waals surface area contributed by atoms with E-state index < -0.39 is 0 Å². The summed E-state index contributed by atoms with van der Waals surface area (Å²) in [6.45, 7) is 2.11. The molecule has 0 heterocycles. The second-order valence-electron chi connectivity index (χ2n) is 4.88. The van der Waals surface area contributed by atoms with E-state index >= 15 is 0 Å². The smallest absolute Gasteiger partial charge is 0.163 e. The number of benzene rings is 2. The minimum Gasteiger partial charge on any atom is -0.497 e. The number of ketones is 1. The lowest BCUT2D eigenvalue weighted by Crippen LogP contribution is -2.07. The van der Waals surface area contributed by atoms with E-state index in [1.165, 1.54) is 0 Å². The van der Waals surface area contributed by atoms with Gasteiger partial charge < -0.3 is 4.74 Å². The molecule has 0 aliphatic heterocycles. The topological polar surface area (TPSA) is 26.3 Å². The first-order valence-electron chi connectivity index (χ1n) is 6.96. The molecule has 0 radical (unpaired) electrons. The van der Waals surface area contributed by atoms with Crippen molar-refractivity contribution in [2.24, 2.45) is 0 Å². The molecule has 2 aromatic carbocycles. The molecule has 1 atom stereocenters. The molecule has 2 nitrogen and oxygen atoms in total. The molecular formula is C18H20O2. The number of hydrogen-bond donors (Lipinski definition) is 0. The fourth-order valence-corrected chi connectivity index (χ4v) is 2.36. The maximum Gasteiger partial charge on any atom is 0.163 e. The summed E-state index contributed by atoms with van der Waals surface area (Å²) in [6.07, 6.45) is 1.47. The zero-order valence-corrected chi connectivity index (χ0v) is 12.0. The summed E-state index contributed by atoms with van der Waals surface area (Å²) in [5.41, 5.74) is 1.95. The minimum absolute atomic E-state index is 0.195. The molecule has 0 aromatic heterocycles. The molecule has 2 aromatic rings. The minimum atomic E-state index is 0.195. The second kappa shape index (κ2) is 6.90. The molecule has 0 N–H and O–H groups in total. The van der Waals surface area contributed by atoms with Gasteiger partial charge in [0.2, 0.25) is 0 Å². The van der Waals surface area contributed by atoms with Crippen molar-refractivity contribution in [3.8, 4) is 5.75 Å². The van der Waals surface area contributed by atoms with E-state index in [1.807, 2.05) is 48.5 Å². The van der Waals surface area contributed by atoms with Crippen LogP contribution in [0.4, 0.5) is 0 Å². The number of carbonyl (C=O) groups is 1. The van der Waals surface area contributed by atoms with Gasteiger partial charge in [-0.1, -0.05) is 49.4 Å². The van der Waals surface area contributed by atoms with Gasteiger partial charge in [0, 0.05) is 12.0 Å². The Bertz CT molecular complexity index is 561. The van der Waals surface area contributed by atoms with Crippen molar-refractivity contribution in [2.45, 2.75) is 25.7 Å². The number of Topliss-reactive ketones (excluding diaryl/α,β-unsaturated/α-hetero) is 1. The Kier molecular flexibility index (Phi) is 4.94. The summed E-state index contributed by atoms with van der Waals surface area (Å²) in [5.74, 6) is 1.27. The summed E-state index contributed by atoms with van der Waals surface area (Å²) >= 11 is 0. The van der Waals surface area contributed by atoms with Gasteiger partial charge in [-0.15, -0.1) is 0 Å². The fourth-order valence-electron chi connectivity index (χ4n) is 2.36. The highest BCUT2D eigenvalue weighted by atomic mass is 16.5. The predicted octanol–water partition coefficient (Wildman–Crippen LogP) is 4.46. The third-order valence-corrected chi connectivity index (χ3v) is 3.59. The molecule has 20 heavy (non-hydrogen) atoms. The Morgan fingerprint density at radius 1 is 1.10 bits per heavy atom. The van der Waals surface area contributed by atoms with Crippen molar-refractivity contribution in [2.75, 3.05) is 7.11 Å². The molecule has 0 saturated carbocycles. The average molecular weight is 268 g/mol. The number of rotatable bonds is 6. The normalized spacial score (nSPS) is 11.9. The Morgan fingerprint density at radius 3 is 2.50 bits per heavy atom. The van der Waals surface area contributed by atoms with E-state index in [4.69, 9.17) is 4.74 Å². The maximum absolute atomic E-state index is 12.3. The van der Waals surface area contributed by atoms with Crippen LogP contribution in [-0.4, -0.2) is 12.9 Å². The molecule has 0 aliphatic rings. The lowest BCUT2D eigenvalue weighted by Gasteiger charge is -2.15. The third-order valence-electron chi connectivity index (χ3n) is 3.59. The van der Waals surface area contributed by atoms with E-state index in [0.717, 1.165) is 23.3 Å². The quantitative estimate of drug-likeness (QED) is 0.723. The number of carbonyl (C=O) groups excluding carboxylic acids is 1. The largest absolute Gasteiger partial charge is 0.497 e. The molecular weight excluding hydrogens is 248 g/mol. The van der Waals surface area contributed by atoms with Crippen LogP contribution in [0.3, 0.4) is 0 Å². The van der Waals surface area contributed by atoms with Crippen molar-refractivity contribution >= 4 is 5.78 Å². The molecule has 104 valence electrons. The van der Waals surface area contributed by atoms with Gasteiger partial charge in [0.15, 0.2) is 5.78 Å². The lowest BCUT2D eigenvalue weighted by molar-refractivity contribution is 0.0973. The van der Waals surface area contributed by atoms with Crippen LogP contribution in [0.2, 0.25) is 0 Å². The van der Waals surface area contributed by atoms with Gasteiger partial charge in [-0.25, -0.2) is 0 Å². The van der Waals surface area contributed by atoms with Gasteiger partial charge in [-0.3, -0.25) is 4.79 Å². The lowest BCUT2D eigenvalue weighted by atomic mass is 9.89. The van der Waals surface area contributed by atoms with Gasteiger partial charge >= 0.3 is 0 Å². The van der Waals surface area contributed by atoms with Crippen LogP contribution in [0.25, 0.3) is 0 Å². The number of hydrogen-bond acceptors (Lipinski definition) is 2. The average Bonchev–Trinajstić information content (AvgIpc) is 2.53. The molecule has 0 amide bonds. The SMILES string of the molecule is CC[C@@H](CC(=O)c1ccccc1)c1cccc(OC)c1. The number of ether oxygens (including phenoxy) is 1. The maximum atomic E-state index is 12.3. The van der Waals surface area contributed by atoms with Gasteiger partial charge in [-0.2, -0.15) is 0 Å². The molecule has 2 rings (SSSR count). The second-order valence-corrected chi connectivity index (χ2v) is 4.88. The van der Waals surface area contributed by atoms with Crippen molar-refractivity contribution in [3.63, 3.8) is 0 Å². The summed E-state index contributed by atoms with van der Waals surface area (Å²) in [4.78, 5) is 12.3. The first-order chi connectivity index (χ1) is 9.74. The van der Waals surface area contributed by atoms with Crippen LogP contribution in [0.5, 0.6) is 5.75 Å². The van der Waals surface area contributed by atoms with Gasteiger partial charge in [-0.05, 0) is 30.0 Å². The fraction of sp³-hybridized carbons (Fsp3) is 0.278. The molecule has 0 bridgehead atoms. The molecule has 0 saturated heterocycles. The van der Waals surface area contributed by atoms with Gasteiger partial charge in [0.1, 0.15) is 5.75 Å². The molecule has 0 fully saturated rings. The van der Waals surface area contributed by atoms with Crippen LogP contribution in [-0.2, 0) is 0 Å². The van der Waals surface area contributed by atoms with Crippen molar-refractivity contribution < 1.29 is 9.53 Å². The van der Waals surface area contributed by atoms with E-state index in [9.17, 15) is 4.79 Å². The van der Waals surface area contributed by atoms with Gasteiger partial charge in [0.25, 0.3) is 0 Å². The predicted molar refractivity (Wildman–Crippen MR) is 81.4 cm³/mol. The van der Waals surface area contributed by atoms with Crippen LogP contribution in [0, 0.1) is 0 Å². The van der Waals surface area contributed by atoms with Crippen LogP contribution >= 0.6 is 0 Å². The molecule has 2 heteroatoms. The number of methoxy groups -OCH3 is 1. The molecule has 0 spiro atoms. The highest BCUT2D eigenvalue weighted by Gasteiger charge is 2.16. The zero-order valence-electron chi connectivity index (χ0n) is 12.0. The van der Waals surface area contributed by atoms with Crippen molar-refractivity contribution in [1.29, 1.82) is 0 Å². The van der Waals surface area contributed by atoms with E-state index in [-0.39, 0.29) is 11.7 Å². The summed E-state index contributed by atoms with van der Waals surface area (Å²) in [7, 11) is 1.66. The van der Waals surface area contributed by atoms with Crippen molar-refractivity contribution in [3.05, 3.63) is 65.7 Å². The first-order valence-corrected chi connectivity index (χ1v) is 6.96.